The number of hydrogen-bond donors (Lipinski definition) is 2. The fourth-order valence-electron chi connectivity index (χ4n) is 1.40. The molecule has 0 saturated carbocycles. The van der Waals surface area contributed by atoms with Gasteiger partial charge in [-0.1, -0.05) is 0 Å². The third-order valence-corrected chi connectivity index (χ3v) is 2.03. The molecule has 0 bridgehead atoms. The Kier molecular flexibility index (Phi) is 1.67. The molecule has 5 heteroatoms. The van der Waals surface area contributed by atoms with Crippen LogP contribution in [0.2, 0.25) is 0 Å². The van der Waals surface area contributed by atoms with Gasteiger partial charge in [0.25, 0.3) is 0 Å². The van der Waals surface area contributed by atoms with Gasteiger partial charge in [0.2, 0.25) is 0 Å². The highest BCUT2D eigenvalue weighted by molar-refractivity contribution is 5.89. The number of rotatable bonds is 0. The Morgan fingerprint density at radius 2 is 2.21 bits per heavy atom. The zero-order chi connectivity index (χ0) is 10.3. The summed E-state index contributed by atoms with van der Waals surface area (Å²) < 4.78 is 0.893. The Morgan fingerprint density at radius 3 is 2.86 bits per heavy atom. The Labute approximate surface area is 79.2 Å². The van der Waals surface area contributed by atoms with E-state index in [2.05, 4.69) is 5.10 Å². The maximum Gasteiger partial charge on any atom is 0.432 e. The molecule has 5 nitrogen and oxygen atoms in total. The van der Waals surface area contributed by atoms with Crippen LogP contribution >= 0.6 is 0 Å². The molecule has 2 N–H and O–H groups in total. The van der Waals surface area contributed by atoms with Crippen LogP contribution in [0.15, 0.2) is 18.2 Å². The van der Waals surface area contributed by atoms with E-state index in [4.69, 9.17) is 5.11 Å². The standard InChI is InChI=1S/C9H8N2O3/c1-5-7-4-6(12)2-3-8(7)11(10-5)9(13)14/h2-4,12H,1H3,(H,13,14). The number of phenols is 1. The highest BCUT2D eigenvalue weighted by Gasteiger charge is 2.11. The first-order valence-corrected chi connectivity index (χ1v) is 4.01. The molecule has 0 fully saturated rings. The van der Waals surface area contributed by atoms with Gasteiger partial charge in [0.15, 0.2) is 0 Å². The number of aromatic hydroxyl groups is 1. The summed E-state index contributed by atoms with van der Waals surface area (Å²) in [5.74, 6) is 0.102. The zero-order valence-electron chi connectivity index (χ0n) is 7.43. The van der Waals surface area contributed by atoms with Crippen LogP contribution < -0.4 is 0 Å². The molecule has 0 atom stereocenters. The summed E-state index contributed by atoms with van der Waals surface area (Å²) in [5.41, 5.74) is 1.06. The summed E-state index contributed by atoms with van der Waals surface area (Å²) in [6.45, 7) is 1.70. The number of fused-ring (bicyclic) bond motifs is 1. The summed E-state index contributed by atoms with van der Waals surface area (Å²) in [6, 6.07) is 4.46. The topological polar surface area (TPSA) is 75.4 Å². The minimum Gasteiger partial charge on any atom is -0.508 e. The average molecular weight is 192 g/mol. The van der Waals surface area contributed by atoms with Crippen LogP contribution in [0.5, 0.6) is 5.75 Å². The lowest BCUT2D eigenvalue weighted by Gasteiger charge is -1.95. The summed E-state index contributed by atoms with van der Waals surface area (Å²) in [6.07, 6.45) is -1.13. The van der Waals surface area contributed by atoms with Crippen LogP contribution in [-0.2, 0) is 0 Å². The number of benzene rings is 1. The third-order valence-electron chi connectivity index (χ3n) is 2.03. The first-order chi connectivity index (χ1) is 6.59. The molecule has 1 aromatic carbocycles. The molecule has 72 valence electrons. The lowest BCUT2D eigenvalue weighted by atomic mass is 10.2. The molecule has 1 heterocycles. The lowest BCUT2D eigenvalue weighted by Crippen LogP contribution is -2.09. The van der Waals surface area contributed by atoms with Crippen molar-refractivity contribution in [3.05, 3.63) is 23.9 Å². The molecule has 0 aliphatic carbocycles. The molecule has 14 heavy (non-hydrogen) atoms. The molecule has 0 radical (unpaired) electrons. The van der Waals surface area contributed by atoms with E-state index in [1.54, 1.807) is 6.92 Å². The first kappa shape index (κ1) is 8.55. The van der Waals surface area contributed by atoms with Crippen LogP contribution in [0.3, 0.4) is 0 Å². The SMILES string of the molecule is Cc1nn(C(=O)O)c2ccc(O)cc12. The van der Waals surface area contributed by atoms with Crippen molar-refractivity contribution in [2.75, 3.05) is 0 Å². The monoisotopic (exact) mass is 192 g/mol. The van der Waals surface area contributed by atoms with Crippen LogP contribution in [-0.4, -0.2) is 26.1 Å². The number of carboxylic acid groups (broad SMARTS) is 1. The predicted octanol–water partition coefficient (Wildman–Crippen LogP) is 1.58. The molecule has 2 rings (SSSR count). The predicted molar refractivity (Wildman–Crippen MR) is 49.6 cm³/mol. The third kappa shape index (κ3) is 1.10. The van der Waals surface area contributed by atoms with Gasteiger partial charge >= 0.3 is 6.09 Å². The van der Waals surface area contributed by atoms with Crippen molar-refractivity contribution in [1.82, 2.24) is 9.78 Å². The molecule has 2 aromatic rings. The van der Waals surface area contributed by atoms with Gasteiger partial charge in [0.1, 0.15) is 5.75 Å². The van der Waals surface area contributed by atoms with Crippen LogP contribution in [0, 0.1) is 6.92 Å². The quantitative estimate of drug-likeness (QED) is 0.664. The fourth-order valence-corrected chi connectivity index (χ4v) is 1.40. The van der Waals surface area contributed by atoms with Crippen molar-refractivity contribution in [3.63, 3.8) is 0 Å². The van der Waals surface area contributed by atoms with E-state index in [9.17, 15) is 9.90 Å². The minimum absolute atomic E-state index is 0.102. The Balaban J connectivity index is 2.84. The van der Waals surface area contributed by atoms with Gasteiger partial charge in [-0.05, 0) is 25.1 Å². The summed E-state index contributed by atoms with van der Waals surface area (Å²) in [5, 5.41) is 22.5. The smallest absolute Gasteiger partial charge is 0.432 e. The van der Waals surface area contributed by atoms with Gasteiger partial charge in [0.05, 0.1) is 11.2 Å². The van der Waals surface area contributed by atoms with Gasteiger partial charge in [-0.2, -0.15) is 9.78 Å². The van der Waals surface area contributed by atoms with Crippen LogP contribution in [0.25, 0.3) is 10.9 Å². The van der Waals surface area contributed by atoms with Crippen molar-refractivity contribution in [3.8, 4) is 5.75 Å². The number of phenolic OH excluding ortho intramolecular Hbond substituents is 1. The van der Waals surface area contributed by atoms with E-state index in [-0.39, 0.29) is 5.75 Å². The minimum atomic E-state index is -1.13. The number of aryl methyl sites for hydroxylation is 1. The molecule has 0 unspecified atom stereocenters. The first-order valence-electron chi connectivity index (χ1n) is 4.01. The maximum absolute atomic E-state index is 10.8. The summed E-state index contributed by atoms with van der Waals surface area (Å²) in [4.78, 5) is 10.8. The van der Waals surface area contributed by atoms with Crippen molar-refractivity contribution < 1.29 is 15.0 Å². The zero-order valence-corrected chi connectivity index (χ0v) is 7.43. The maximum atomic E-state index is 10.8. The van der Waals surface area contributed by atoms with E-state index < -0.39 is 6.09 Å². The van der Waals surface area contributed by atoms with Gasteiger partial charge in [-0.25, -0.2) is 4.79 Å². The molecular weight excluding hydrogens is 184 g/mol. The Hall–Kier alpha value is -2.04. The molecule has 0 aliphatic heterocycles. The Morgan fingerprint density at radius 1 is 1.50 bits per heavy atom. The van der Waals surface area contributed by atoms with Gasteiger partial charge in [0, 0.05) is 5.39 Å². The van der Waals surface area contributed by atoms with Gasteiger partial charge < -0.3 is 10.2 Å². The average Bonchev–Trinajstić information content (AvgIpc) is 2.44. The fraction of sp³-hybridized carbons (Fsp3) is 0.111. The molecule has 0 spiro atoms. The second-order valence-electron chi connectivity index (χ2n) is 2.98. The Bertz CT molecular complexity index is 516. The highest BCUT2D eigenvalue weighted by Crippen LogP contribution is 2.22. The van der Waals surface area contributed by atoms with E-state index in [0.29, 0.717) is 16.6 Å². The molecule has 0 aliphatic rings. The number of nitrogens with zero attached hydrogens (tertiary/aromatic N) is 2. The largest absolute Gasteiger partial charge is 0.508 e. The highest BCUT2D eigenvalue weighted by atomic mass is 16.4. The lowest BCUT2D eigenvalue weighted by molar-refractivity contribution is 0.194. The summed E-state index contributed by atoms with van der Waals surface area (Å²) >= 11 is 0. The van der Waals surface area contributed by atoms with Crippen LogP contribution in [0.1, 0.15) is 5.69 Å². The van der Waals surface area contributed by atoms with E-state index in [1.807, 2.05) is 0 Å². The van der Waals surface area contributed by atoms with Gasteiger partial charge in [-0.3, -0.25) is 0 Å². The molecule has 0 amide bonds. The molecule has 1 aromatic heterocycles. The van der Waals surface area contributed by atoms with Gasteiger partial charge in [-0.15, -0.1) is 0 Å². The van der Waals surface area contributed by atoms with Crippen molar-refractivity contribution in [1.29, 1.82) is 0 Å². The number of aromatic nitrogens is 2. The second-order valence-corrected chi connectivity index (χ2v) is 2.98. The normalized spacial score (nSPS) is 10.6. The van der Waals surface area contributed by atoms with Crippen molar-refractivity contribution in [2.24, 2.45) is 0 Å². The van der Waals surface area contributed by atoms with E-state index in [1.165, 1.54) is 18.2 Å². The molecular formula is C9H8N2O3. The number of hydrogen-bond acceptors (Lipinski definition) is 3. The van der Waals surface area contributed by atoms with Crippen molar-refractivity contribution in [2.45, 2.75) is 6.92 Å². The summed E-state index contributed by atoms with van der Waals surface area (Å²) in [7, 11) is 0. The van der Waals surface area contributed by atoms with E-state index >= 15 is 0 Å². The van der Waals surface area contributed by atoms with Crippen LogP contribution in [0.4, 0.5) is 4.79 Å². The van der Waals surface area contributed by atoms with Crippen molar-refractivity contribution >= 4 is 17.0 Å². The number of carbonyl (C=O) groups is 1. The molecule has 0 saturated heterocycles. The second kappa shape index (κ2) is 2.73. The van der Waals surface area contributed by atoms with E-state index in [0.717, 1.165) is 4.68 Å².